The molecule has 21 heavy (non-hydrogen) atoms. The summed E-state index contributed by atoms with van der Waals surface area (Å²) in [5, 5.41) is 40.8. The lowest BCUT2D eigenvalue weighted by molar-refractivity contribution is -0.253. The van der Waals surface area contributed by atoms with Crippen molar-refractivity contribution >= 4 is 17.8 Å². The minimum Gasteiger partial charge on any atom is -0.394 e. The monoisotopic (exact) mass is 308 g/mol. The van der Waals surface area contributed by atoms with Gasteiger partial charge in [-0.2, -0.15) is 0 Å². The second-order valence-corrected chi connectivity index (χ2v) is 4.70. The zero-order chi connectivity index (χ0) is 15.9. The van der Waals surface area contributed by atoms with E-state index >= 15 is 0 Å². The summed E-state index contributed by atoms with van der Waals surface area (Å²) in [5.74, 6) is -3.36. The number of hydrogen-bond acceptors (Lipinski definition) is 8. The van der Waals surface area contributed by atoms with Crippen LogP contribution in [0.1, 0.15) is 0 Å². The number of halogens is 1. The predicted molar refractivity (Wildman–Crippen MR) is 59.3 cm³/mol. The van der Waals surface area contributed by atoms with Crippen molar-refractivity contribution in [3.8, 4) is 0 Å². The zero-order valence-corrected chi connectivity index (χ0v) is 10.4. The topological polar surface area (TPSA) is 165 Å². The van der Waals surface area contributed by atoms with Crippen molar-refractivity contribution in [1.82, 2.24) is 10.6 Å². The number of carbonyl (C=O) groups is 3. The third-order valence-electron chi connectivity index (χ3n) is 3.40. The number of rotatable bonds is 2. The number of urea groups is 1. The smallest absolute Gasteiger partial charge is 0.328 e. The molecular formula is C10H13FN2O8. The minimum absolute atomic E-state index is 0.861. The van der Waals surface area contributed by atoms with Crippen molar-refractivity contribution in [1.29, 1.82) is 0 Å². The van der Waals surface area contributed by atoms with Crippen LogP contribution in [-0.4, -0.2) is 81.1 Å². The second kappa shape index (κ2) is 5.27. The van der Waals surface area contributed by atoms with E-state index < -0.39 is 60.6 Å². The van der Waals surface area contributed by atoms with Crippen LogP contribution in [0.25, 0.3) is 0 Å². The Morgan fingerprint density at radius 3 is 2.05 bits per heavy atom. The van der Waals surface area contributed by atoms with Crippen molar-refractivity contribution in [2.75, 3.05) is 6.61 Å². The maximum Gasteiger partial charge on any atom is 0.328 e. The molecule has 0 aromatic rings. The highest BCUT2D eigenvalue weighted by Gasteiger charge is 2.63. The highest BCUT2D eigenvalue weighted by Crippen LogP contribution is 2.32. The Kier molecular flexibility index (Phi) is 3.95. The molecule has 2 fully saturated rings. The van der Waals surface area contributed by atoms with Gasteiger partial charge in [0, 0.05) is 0 Å². The largest absolute Gasteiger partial charge is 0.394 e. The molecule has 5 atom stereocenters. The quantitative estimate of drug-likeness (QED) is 0.280. The summed E-state index contributed by atoms with van der Waals surface area (Å²) in [6, 6.07) is -1.25. The van der Waals surface area contributed by atoms with Crippen LogP contribution in [0.4, 0.5) is 9.18 Å². The van der Waals surface area contributed by atoms with Gasteiger partial charge in [0.25, 0.3) is 17.5 Å². The Hall–Kier alpha value is -1.66. The Morgan fingerprint density at radius 2 is 1.57 bits per heavy atom. The molecule has 0 radical (unpaired) electrons. The second-order valence-electron chi connectivity index (χ2n) is 4.70. The first-order valence-corrected chi connectivity index (χ1v) is 5.89. The molecule has 6 N–H and O–H groups in total. The Bertz CT molecular complexity index is 464. The summed E-state index contributed by atoms with van der Waals surface area (Å²) < 4.78 is 19.6. The molecular weight excluding hydrogens is 295 g/mol. The minimum atomic E-state index is -3.51. The molecule has 2 saturated heterocycles. The zero-order valence-electron chi connectivity index (χ0n) is 10.4. The van der Waals surface area contributed by atoms with Crippen molar-refractivity contribution in [3.63, 3.8) is 0 Å². The van der Waals surface area contributed by atoms with Crippen molar-refractivity contribution in [2.45, 2.75) is 36.2 Å². The first kappa shape index (κ1) is 15.7. The van der Waals surface area contributed by atoms with Gasteiger partial charge in [0.2, 0.25) is 0 Å². The maximum absolute atomic E-state index is 14.7. The van der Waals surface area contributed by atoms with Crippen LogP contribution in [0, 0.1) is 0 Å². The summed E-state index contributed by atoms with van der Waals surface area (Å²) in [6.45, 7) is -0.861. The highest BCUT2D eigenvalue weighted by atomic mass is 19.1. The standard InChI is InChI=1S/C10H13FN2O8/c11-10(7(18)12-9(20)13-8(10)19)6-5(17)4(16)3(15)2(1-14)21-6/h2-6,14-17H,1H2,(H2,12,13,18,19,20)/t2-,3-,4+,5-,6-/m1/s1. The SMILES string of the molecule is O=C1NC(=O)C(F)([C@@H]2O[C@H](CO)[C@@H](O)[C@H](O)[C@H]2O)C(=O)N1. The van der Waals surface area contributed by atoms with Crippen LogP contribution >= 0.6 is 0 Å². The van der Waals surface area contributed by atoms with Gasteiger partial charge in [-0.15, -0.1) is 0 Å². The van der Waals surface area contributed by atoms with Crippen LogP contribution in [0.5, 0.6) is 0 Å². The van der Waals surface area contributed by atoms with Gasteiger partial charge < -0.3 is 25.2 Å². The number of hydrogen-bond donors (Lipinski definition) is 6. The lowest BCUT2D eigenvalue weighted by Crippen LogP contribution is -2.74. The molecule has 0 spiro atoms. The summed E-state index contributed by atoms with van der Waals surface area (Å²) in [4.78, 5) is 34.1. The number of carbonyl (C=O) groups excluding carboxylic acids is 3. The predicted octanol–water partition coefficient (Wildman–Crippen LogP) is -4.10. The number of aliphatic hydroxyl groups excluding tert-OH is 4. The van der Waals surface area contributed by atoms with E-state index in [0.717, 1.165) is 0 Å². The molecule has 10 nitrogen and oxygen atoms in total. The van der Waals surface area contributed by atoms with Crippen molar-refractivity contribution in [2.24, 2.45) is 0 Å². The summed E-state index contributed by atoms with van der Waals surface area (Å²) >= 11 is 0. The van der Waals surface area contributed by atoms with Crippen LogP contribution in [-0.2, 0) is 14.3 Å². The number of barbiturate groups is 1. The Morgan fingerprint density at radius 1 is 1.05 bits per heavy atom. The molecule has 0 aromatic heterocycles. The highest BCUT2D eigenvalue weighted by molar-refractivity contribution is 6.22. The molecule has 2 rings (SSSR count). The fourth-order valence-electron chi connectivity index (χ4n) is 2.21. The van der Waals surface area contributed by atoms with E-state index in [2.05, 4.69) is 0 Å². The van der Waals surface area contributed by atoms with Gasteiger partial charge in [-0.05, 0) is 0 Å². The van der Waals surface area contributed by atoms with E-state index in [1.807, 2.05) is 0 Å². The average Bonchev–Trinajstić information content (AvgIpc) is 2.42. The molecule has 4 amide bonds. The molecule has 11 heteroatoms. The molecule has 118 valence electrons. The van der Waals surface area contributed by atoms with Gasteiger partial charge in [0.1, 0.15) is 30.5 Å². The van der Waals surface area contributed by atoms with Gasteiger partial charge in [0.05, 0.1) is 6.61 Å². The van der Waals surface area contributed by atoms with Crippen LogP contribution in [0.15, 0.2) is 0 Å². The summed E-state index contributed by atoms with van der Waals surface area (Å²) in [7, 11) is 0. The van der Waals surface area contributed by atoms with Crippen molar-refractivity contribution in [3.05, 3.63) is 0 Å². The van der Waals surface area contributed by atoms with Gasteiger partial charge >= 0.3 is 6.03 Å². The first-order valence-electron chi connectivity index (χ1n) is 5.89. The number of imide groups is 2. The molecule has 2 heterocycles. The number of alkyl halides is 1. The van der Waals surface area contributed by atoms with Gasteiger partial charge in [-0.3, -0.25) is 20.2 Å². The lowest BCUT2D eigenvalue weighted by Gasteiger charge is -2.44. The van der Waals surface area contributed by atoms with E-state index in [9.17, 15) is 34.1 Å². The first-order chi connectivity index (χ1) is 9.73. The van der Waals surface area contributed by atoms with E-state index in [4.69, 9.17) is 9.84 Å². The molecule has 2 aliphatic rings. The van der Waals surface area contributed by atoms with Gasteiger partial charge in [-0.1, -0.05) is 0 Å². The number of ether oxygens (including phenoxy) is 1. The van der Waals surface area contributed by atoms with E-state index in [1.165, 1.54) is 10.6 Å². The molecule has 0 saturated carbocycles. The third kappa shape index (κ3) is 2.28. The average molecular weight is 308 g/mol. The summed E-state index contributed by atoms with van der Waals surface area (Å²) in [5.41, 5.74) is -3.51. The number of nitrogens with one attached hydrogen (secondary N) is 2. The van der Waals surface area contributed by atoms with E-state index in [0.29, 0.717) is 0 Å². The Balaban J connectivity index is 2.36. The van der Waals surface area contributed by atoms with Crippen LogP contribution in [0.2, 0.25) is 0 Å². The van der Waals surface area contributed by atoms with E-state index in [-0.39, 0.29) is 0 Å². The van der Waals surface area contributed by atoms with E-state index in [1.54, 1.807) is 0 Å². The number of amides is 4. The maximum atomic E-state index is 14.7. The van der Waals surface area contributed by atoms with Crippen LogP contribution in [0.3, 0.4) is 0 Å². The fourth-order valence-corrected chi connectivity index (χ4v) is 2.21. The molecule has 0 bridgehead atoms. The fraction of sp³-hybridized carbons (Fsp3) is 0.700. The third-order valence-corrected chi connectivity index (χ3v) is 3.40. The van der Waals surface area contributed by atoms with Gasteiger partial charge in [0.15, 0.2) is 0 Å². The molecule has 0 aromatic carbocycles. The lowest BCUT2D eigenvalue weighted by atomic mass is 9.84. The summed E-state index contributed by atoms with van der Waals surface area (Å²) in [6.07, 6.45) is -9.61. The van der Waals surface area contributed by atoms with Crippen molar-refractivity contribution < 1.29 is 43.9 Å². The van der Waals surface area contributed by atoms with Crippen LogP contribution < -0.4 is 10.6 Å². The Labute approximate surface area is 116 Å². The van der Waals surface area contributed by atoms with Gasteiger partial charge in [-0.25, -0.2) is 9.18 Å². The number of aliphatic hydroxyl groups is 4. The molecule has 0 aliphatic carbocycles. The normalized spacial score (nSPS) is 39.7. The molecule has 2 aliphatic heterocycles. The molecule has 0 unspecified atom stereocenters.